The lowest BCUT2D eigenvalue weighted by molar-refractivity contribution is -0.0104. The summed E-state index contributed by atoms with van der Waals surface area (Å²) in [5.41, 5.74) is 10.4. The molecule has 1 aromatic carbocycles. The van der Waals surface area contributed by atoms with Gasteiger partial charge in [0.25, 0.3) is 0 Å². The van der Waals surface area contributed by atoms with Gasteiger partial charge in [-0.25, -0.2) is 0 Å². The third-order valence-electron chi connectivity index (χ3n) is 5.68. The second-order valence-corrected chi connectivity index (χ2v) is 8.40. The van der Waals surface area contributed by atoms with Gasteiger partial charge < -0.3 is 15.8 Å². The summed E-state index contributed by atoms with van der Waals surface area (Å²) >= 11 is 2.03. The molecule has 2 fully saturated rings. The van der Waals surface area contributed by atoms with Gasteiger partial charge in [0.15, 0.2) is 5.96 Å². The maximum absolute atomic E-state index is 6.21. The third-order valence-corrected chi connectivity index (χ3v) is 6.91. The lowest BCUT2D eigenvalue weighted by Crippen LogP contribution is -2.56. The number of ether oxygens (including phenoxy) is 1. The van der Waals surface area contributed by atoms with Gasteiger partial charge in [0, 0.05) is 24.5 Å². The van der Waals surface area contributed by atoms with Gasteiger partial charge in [-0.15, -0.1) is 0 Å². The Morgan fingerprint density at radius 1 is 1.28 bits per heavy atom. The lowest BCUT2D eigenvalue weighted by Gasteiger charge is -2.42. The minimum absolute atomic E-state index is 0.151. The number of anilines is 1. The number of benzene rings is 1. The number of guanidine groups is 1. The number of nitrogens with two attached hydrogens (primary N) is 1. The average molecular weight is 361 g/mol. The fourth-order valence-corrected chi connectivity index (χ4v) is 5.64. The van der Waals surface area contributed by atoms with Crippen molar-refractivity contribution in [2.45, 2.75) is 31.2 Å². The monoisotopic (exact) mass is 360 g/mol. The maximum atomic E-state index is 6.21. The van der Waals surface area contributed by atoms with E-state index in [1.54, 1.807) is 0 Å². The second kappa shape index (κ2) is 7.56. The zero-order valence-electron chi connectivity index (χ0n) is 14.8. The van der Waals surface area contributed by atoms with Gasteiger partial charge in [-0.3, -0.25) is 9.89 Å². The molecular formula is C19H28N4OS. The molecule has 3 N–H and O–H groups in total. The molecule has 0 bridgehead atoms. The molecule has 2 heterocycles. The molecular weight excluding hydrogens is 332 g/mol. The van der Waals surface area contributed by atoms with Crippen molar-refractivity contribution < 1.29 is 4.74 Å². The Labute approximate surface area is 154 Å². The van der Waals surface area contributed by atoms with Crippen LogP contribution in [0, 0.1) is 0 Å². The van der Waals surface area contributed by atoms with Crippen molar-refractivity contribution in [3.63, 3.8) is 0 Å². The molecule has 1 aliphatic carbocycles. The molecule has 1 unspecified atom stereocenters. The number of rotatable bonds is 4. The van der Waals surface area contributed by atoms with Crippen LogP contribution in [0.2, 0.25) is 0 Å². The number of hydrogen-bond acceptors (Lipinski definition) is 4. The number of aliphatic imine (C=N–C) groups is 1. The number of nitrogens with one attached hydrogen (secondary N) is 1. The first-order valence-corrected chi connectivity index (χ1v) is 10.5. The number of thioether (sulfide) groups is 1. The molecule has 4 rings (SSSR count). The molecule has 25 heavy (non-hydrogen) atoms. The van der Waals surface area contributed by atoms with E-state index in [1.165, 1.54) is 42.6 Å². The van der Waals surface area contributed by atoms with E-state index in [1.807, 2.05) is 11.8 Å². The highest BCUT2D eigenvalue weighted by Crippen LogP contribution is 2.34. The van der Waals surface area contributed by atoms with Crippen molar-refractivity contribution in [2.75, 3.05) is 49.7 Å². The van der Waals surface area contributed by atoms with Gasteiger partial charge in [0.2, 0.25) is 0 Å². The zero-order valence-corrected chi connectivity index (χ0v) is 15.6. The maximum Gasteiger partial charge on any atom is 0.193 e. The van der Waals surface area contributed by atoms with E-state index < -0.39 is 0 Å². The molecule has 2 saturated heterocycles. The van der Waals surface area contributed by atoms with Gasteiger partial charge in [-0.05, 0) is 54.7 Å². The largest absolute Gasteiger partial charge is 0.379 e. The SMILES string of the molecule is NC(=NCC1(N2CCOCC2)CCSC1)Nc1ccc2c(c1)CCC2. The Kier molecular flexibility index (Phi) is 5.20. The first-order chi connectivity index (χ1) is 12.3. The standard InChI is InChI=1S/C19H28N4OS/c20-18(22-17-5-4-15-2-1-3-16(15)12-17)21-13-19(6-11-25-14-19)23-7-9-24-10-8-23/h4-5,12H,1-3,6-11,13-14H2,(H3,20,21,22). The van der Waals surface area contributed by atoms with E-state index in [4.69, 9.17) is 15.5 Å². The van der Waals surface area contributed by atoms with Gasteiger partial charge in [0.1, 0.15) is 0 Å². The quantitative estimate of drug-likeness (QED) is 0.636. The van der Waals surface area contributed by atoms with Crippen LogP contribution in [0.15, 0.2) is 23.2 Å². The van der Waals surface area contributed by atoms with E-state index in [0.717, 1.165) is 44.3 Å². The highest BCUT2D eigenvalue weighted by Gasteiger charge is 2.40. The van der Waals surface area contributed by atoms with Crippen LogP contribution in [0.4, 0.5) is 5.69 Å². The van der Waals surface area contributed by atoms with Crippen molar-refractivity contribution >= 4 is 23.4 Å². The van der Waals surface area contributed by atoms with Gasteiger partial charge in [0.05, 0.1) is 25.3 Å². The van der Waals surface area contributed by atoms with Crippen molar-refractivity contribution in [1.82, 2.24) is 4.90 Å². The molecule has 6 heteroatoms. The summed E-state index contributed by atoms with van der Waals surface area (Å²) in [4.78, 5) is 7.30. The highest BCUT2D eigenvalue weighted by atomic mass is 32.2. The zero-order chi connectivity index (χ0) is 17.1. The summed E-state index contributed by atoms with van der Waals surface area (Å²) in [5, 5.41) is 3.29. The van der Waals surface area contributed by atoms with Crippen molar-refractivity contribution in [3.05, 3.63) is 29.3 Å². The molecule has 0 amide bonds. The van der Waals surface area contributed by atoms with Crippen LogP contribution < -0.4 is 11.1 Å². The van der Waals surface area contributed by atoms with Crippen molar-refractivity contribution in [2.24, 2.45) is 10.7 Å². The molecule has 136 valence electrons. The van der Waals surface area contributed by atoms with Crippen LogP contribution in [0.3, 0.4) is 0 Å². The molecule has 5 nitrogen and oxygen atoms in total. The second-order valence-electron chi connectivity index (χ2n) is 7.29. The molecule has 2 aliphatic heterocycles. The lowest BCUT2D eigenvalue weighted by atomic mass is 9.96. The third kappa shape index (κ3) is 3.81. The van der Waals surface area contributed by atoms with Crippen LogP contribution in [-0.4, -0.2) is 60.8 Å². The van der Waals surface area contributed by atoms with Crippen LogP contribution in [0.5, 0.6) is 0 Å². The Balaban J connectivity index is 1.42. The number of nitrogens with zero attached hydrogens (tertiary/aromatic N) is 2. The van der Waals surface area contributed by atoms with Crippen molar-refractivity contribution in [1.29, 1.82) is 0 Å². The van der Waals surface area contributed by atoms with Gasteiger partial charge in [-0.1, -0.05) is 6.07 Å². The van der Waals surface area contributed by atoms with Crippen LogP contribution in [0.25, 0.3) is 0 Å². The Morgan fingerprint density at radius 3 is 2.92 bits per heavy atom. The predicted molar refractivity (Wildman–Crippen MR) is 106 cm³/mol. The Morgan fingerprint density at radius 2 is 2.12 bits per heavy atom. The van der Waals surface area contributed by atoms with Crippen molar-refractivity contribution in [3.8, 4) is 0 Å². The van der Waals surface area contributed by atoms with Crippen LogP contribution in [0.1, 0.15) is 24.0 Å². The van der Waals surface area contributed by atoms with Gasteiger partial charge in [-0.2, -0.15) is 11.8 Å². The number of hydrogen-bond donors (Lipinski definition) is 2. The molecule has 1 aromatic rings. The first-order valence-electron chi connectivity index (χ1n) is 9.35. The summed E-state index contributed by atoms with van der Waals surface area (Å²) in [7, 11) is 0. The molecule has 3 aliphatic rings. The average Bonchev–Trinajstić information content (AvgIpc) is 3.30. The smallest absolute Gasteiger partial charge is 0.193 e. The Bertz CT molecular complexity index is 636. The number of morpholine rings is 1. The van der Waals surface area contributed by atoms with Gasteiger partial charge >= 0.3 is 0 Å². The molecule has 0 radical (unpaired) electrons. The summed E-state index contributed by atoms with van der Waals surface area (Å²) < 4.78 is 5.52. The Hall–Kier alpha value is -1.24. The molecule has 1 atom stereocenters. The van der Waals surface area contributed by atoms with E-state index in [2.05, 4.69) is 28.4 Å². The summed E-state index contributed by atoms with van der Waals surface area (Å²) in [6.07, 6.45) is 4.84. The molecule has 0 aromatic heterocycles. The summed E-state index contributed by atoms with van der Waals surface area (Å²) in [6, 6.07) is 6.57. The fraction of sp³-hybridized carbons (Fsp3) is 0.632. The minimum atomic E-state index is 0.151. The number of fused-ring (bicyclic) bond motifs is 1. The highest BCUT2D eigenvalue weighted by molar-refractivity contribution is 7.99. The predicted octanol–water partition coefficient (Wildman–Crippen LogP) is 2.11. The van der Waals surface area contributed by atoms with Crippen LogP contribution >= 0.6 is 11.8 Å². The topological polar surface area (TPSA) is 62.9 Å². The van der Waals surface area contributed by atoms with E-state index in [9.17, 15) is 0 Å². The molecule has 0 spiro atoms. The van der Waals surface area contributed by atoms with Crippen LogP contribution in [-0.2, 0) is 17.6 Å². The van der Waals surface area contributed by atoms with E-state index in [-0.39, 0.29) is 5.54 Å². The first kappa shape index (κ1) is 17.2. The number of aryl methyl sites for hydroxylation is 2. The fourth-order valence-electron chi connectivity index (χ4n) is 4.18. The van der Waals surface area contributed by atoms with E-state index >= 15 is 0 Å². The minimum Gasteiger partial charge on any atom is -0.379 e. The molecule has 0 saturated carbocycles. The van der Waals surface area contributed by atoms with E-state index in [0.29, 0.717) is 5.96 Å². The summed E-state index contributed by atoms with van der Waals surface area (Å²) in [5.74, 6) is 2.88. The summed E-state index contributed by atoms with van der Waals surface area (Å²) in [6.45, 7) is 4.45. The normalized spacial score (nSPS) is 27.4.